The molecule has 1 aromatic heterocycles. The number of nitrogens with two attached hydrogens (primary N) is 1. The smallest absolute Gasteiger partial charge is 0.408 e. The Morgan fingerprint density at radius 1 is 1.38 bits per heavy atom. The molecule has 1 aliphatic rings. The van der Waals surface area contributed by atoms with Crippen LogP contribution in [0.5, 0.6) is 0 Å². The number of fused-ring (bicyclic) bond motifs is 1. The normalized spacial score (nSPS) is 19.9. The molecule has 32 heavy (non-hydrogen) atoms. The topological polar surface area (TPSA) is 123 Å². The lowest BCUT2D eigenvalue weighted by Crippen LogP contribution is -2.57. The fourth-order valence-corrected chi connectivity index (χ4v) is 4.09. The van der Waals surface area contributed by atoms with Crippen LogP contribution in [0.25, 0.3) is 22.2 Å². The molecule has 1 unspecified atom stereocenters. The number of halogens is 1. The molecule has 9 heteroatoms. The largest absolute Gasteiger partial charge is 0.419 e. The molecule has 2 aromatic carbocycles. The first-order valence-electron chi connectivity index (χ1n) is 10.3. The molecule has 1 fully saturated rings. The van der Waals surface area contributed by atoms with Gasteiger partial charge in [-0.3, -0.25) is 9.36 Å². The van der Waals surface area contributed by atoms with Gasteiger partial charge in [0.25, 0.3) is 5.91 Å². The molecule has 0 saturated carbocycles. The SMILES string of the molecule is Cn1c(=O)oc2ccc(-c3ccc(C[C@@H](C#N)C4(C(N)=O)CNCCCO4)cc3F)cc21. The minimum absolute atomic E-state index is 0.105. The van der Waals surface area contributed by atoms with Gasteiger partial charge in [0, 0.05) is 25.8 Å². The van der Waals surface area contributed by atoms with Crippen LogP contribution in [0.15, 0.2) is 45.6 Å². The van der Waals surface area contributed by atoms with Gasteiger partial charge < -0.3 is 20.2 Å². The molecule has 166 valence electrons. The van der Waals surface area contributed by atoms with Crippen LogP contribution in [0.4, 0.5) is 4.39 Å². The van der Waals surface area contributed by atoms with Gasteiger partial charge in [-0.05, 0) is 48.7 Å². The zero-order valence-corrected chi connectivity index (χ0v) is 17.6. The van der Waals surface area contributed by atoms with Gasteiger partial charge in [0.15, 0.2) is 11.2 Å². The zero-order valence-electron chi connectivity index (χ0n) is 17.6. The lowest BCUT2D eigenvalue weighted by atomic mass is 9.82. The van der Waals surface area contributed by atoms with Crippen molar-refractivity contribution in [1.29, 1.82) is 5.26 Å². The van der Waals surface area contributed by atoms with Gasteiger partial charge in [-0.25, -0.2) is 9.18 Å². The van der Waals surface area contributed by atoms with Crippen LogP contribution in [0.3, 0.4) is 0 Å². The van der Waals surface area contributed by atoms with Crippen molar-refractivity contribution in [2.75, 3.05) is 19.7 Å². The summed E-state index contributed by atoms with van der Waals surface area (Å²) >= 11 is 0. The zero-order chi connectivity index (χ0) is 22.9. The van der Waals surface area contributed by atoms with Crippen molar-refractivity contribution in [2.24, 2.45) is 18.7 Å². The number of amides is 1. The quantitative estimate of drug-likeness (QED) is 0.627. The Labute approximate surface area is 183 Å². The number of hydrogen-bond donors (Lipinski definition) is 2. The fourth-order valence-electron chi connectivity index (χ4n) is 4.09. The van der Waals surface area contributed by atoms with Gasteiger partial charge in [-0.2, -0.15) is 5.26 Å². The molecular formula is C23H23FN4O4. The van der Waals surface area contributed by atoms with Crippen molar-refractivity contribution in [3.63, 3.8) is 0 Å². The molecule has 4 rings (SSSR count). The van der Waals surface area contributed by atoms with E-state index in [1.165, 1.54) is 10.6 Å². The third-order valence-corrected chi connectivity index (χ3v) is 5.96. The van der Waals surface area contributed by atoms with Crippen molar-refractivity contribution in [1.82, 2.24) is 9.88 Å². The summed E-state index contributed by atoms with van der Waals surface area (Å²) in [6.45, 7) is 1.09. The third-order valence-electron chi connectivity index (χ3n) is 5.96. The number of rotatable bonds is 5. The Hall–Kier alpha value is -3.48. The number of hydrogen-bond acceptors (Lipinski definition) is 6. The number of oxazole rings is 1. The van der Waals surface area contributed by atoms with Gasteiger partial charge in [-0.15, -0.1) is 0 Å². The van der Waals surface area contributed by atoms with Crippen molar-refractivity contribution < 1.29 is 18.3 Å². The molecule has 8 nitrogen and oxygen atoms in total. The average Bonchev–Trinajstić information content (AvgIpc) is 2.95. The highest BCUT2D eigenvalue weighted by Gasteiger charge is 2.46. The lowest BCUT2D eigenvalue weighted by molar-refractivity contribution is -0.147. The van der Waals surface area contributed by atoms with E-state index in [0.717, 1.165) is 0 Å². The highest BCUT2D eigenvalue weighted by atomic mass is 19.1. The molecule has 2 heterocycles. The fraction of sp³-hybridized carbons (Fsp3) is 0.348. The van der Waals surface area contributed by atoms with E-state index in [2.05, 4.69) is 11.4 Å². The molecule has 2 atom stereocenters. The van der Waals surface area contributed by atoms with Crippen molar-refractivity contribution in [2.45, 2.75) is 18.4 Å². The number of primary amides is 1. The number of aromatic nitrogens is 1. The van der Waals surface area contributed by atoms with Crippen LogP contribution in [-0.2, 0) is 23.0 Å². The first-order chi connectivity index (χ1) is 15.4. The molecule has 1 amide bonds. The van der Waals surface area contributed by atoms with Gasteiger partial charge in [0.2, 0.25) is 0 Å². The summed E-state index contributed by atoms with van der Waals surface area (Å²) in [7, 11) is 1.58. The number of carbonyl (C=O) groups excluding carboxylic acids is 1. The Kier molecular flexibility index (Phi) is 5.82. The molecule has 3 aromatic rings. The van der Waals surface area contributed by atoms with Crippen LogP contribution >= 0.6 is 0 Å². The Morgan fingerprint density at radius 3 is 2.91 bits per heavy atom. The molecule has 0 bridgehead atoms. The van der Waals surface area contributed by atoms with Crippen LogP contribution in [0.2, 0.25) is 0 Å². The summed E-state index contributed by atoms with van der Waals surface area (Å²) in [5, 5.41) is 12.9. The number of benzene rings is 2. The molecule has 0 aliphatic carbocycles. The lowest BCUT2D eigenvalue weighted by Gasteiger charge is -2.33. The van der Waals surface area contributed by atoms with E-state index < -0.39 is 29.0 Å². The van der Waals surface area contributed by atoms with Crippen molar-refractivity contribution in [3.8, 4) is 17.2 Å². The van der Waals surface area contributed by atoms with Gasteiger partial charge >= 0.3 is 5.76 Å². The van der Waals surface area contributed by atoms with Crippen molar-refractivity contribution >= 4 is 17.0 Å². The second-order valence-corrected chi connectivity index (χ2v) is 7.94. The standard InChI is InChI=1S/C23H23FN4O4/c1-28-19-11-15(4-6-20(19)32-22(28)30)17-5-3-14(10-18(17)24)9-16(12-25)23(21(26)29)13-27-7-2-8-31-23/h3-6,10-11,16,27H,2,7-9,13H2,1H3,(H2,26,29)/t16-,23?/m0/s1. The second-order valence-electron chi connectivity index (χ2n) is 7.94. The Bertz CT molecular complexity index is 1270. The average molecular weight is 438 g/mol. The molecule has 1 saturated heterocycles. The third kappa shape index (κ3) is 3.79. The second kappa shape index (κ2) is 8.57. The van der Waals surface area contributed by atoms with Crippen LogP contribution in [0.1, 0.15) is 12.0 Å². The highest BCUT2D eigenvalue weighted by molar-refractivity contribution is 5.85. The number of nitrogens with one attached hydrogen (secondary N) is 1. The summed E-state index contributed by atoms with van der Waals surface area (Å²) in [6.07, 6.45) is 0.802. The number of carbonyl (C=O) groups is 1. The molecule has 0 spiro atoms. The predicted octanol–water partition coefficient (Wildman–Crippen LogP) is 1.85. The molecule has 1 aliphatic heterocycles. The van der Waals surface area contributed by atoms with Crippen molar-refractivity contribution in [3.05, 3.63) is 58.3 Å². The van der Waals surface area contributed by atoms with Gasteiger partial charge in [0.1, 0.15) is 5.82 Å². The van der Waals surface area contributed by atoms with E-state index in [4.69, 9.17) is 14.9 Å². The first kappa shape index (κ1) is 21.7. The van der Waals surface area contributed by atoms with Gasteiger partial charge in [0.05, 0.1) is 17.5 Å². The number of nitrogens with zero attached hydrogens (tertiary/aromatic N) is 2. The number of ether oxygens (including phenoxy) is 1. The minimum atomic E-state index is -1.47. The monoisotopic (exact) mass is 438 g/mol. The van der Waals surface area contributed by atoms with Gasteiger partial charge in [-0.1, -0.05) is 18.2 Å². The Balaban J connectivity index is 1.64. The summed E-state index contributed by atoms with van der Waals surface area (Å²) in [6, 6.07) is 11.8. The van der Waals surface area contributed by atoms with E-state index in [9.17, 15) is 14.9 Å². The van der Waals surface area contributed by atoms with Crippen LogP contribution in [0, 0.1) is 23.1 Å². The maximum absolute atomic E-state index is 15.0. The van der Waals surface area contributed by atoms with Crippen LogP contribution in [-0.4, -0.2) is 35.8 Å². The maximum atomic E-state index is 15.0. The molecule has 3 N–H and O–H groups in total. The predicted molar refractivity (Wildman–Crippen MR) is 115 cm³/mol. The Morgan fingerprint density at radius 2 is 2.19 bits per heavy atom. The first-order valence-corrected chi connectivity index (χ1v) is 10.3. The number of aryl methyl sites for hydroxylation is 1. The van der Waals surface area contributed by atoms with E-state index in [0.29, 0.717) is 47.4 Å². The number of nitriles is 1. The van der Waals surface area contributed by atoms with Crippen LogP contribution < -0.4 is 16.8 Å². The maximum Gasteiger partial charge on any atom is 0.419 e. The highest BCUT2D eigenvalue weighted by Crippen LogP contribution is 2.30. The summed E-state index contributed by atoms with van der Waals surface area (Å²) in [5.74, 6) is -2.57. The minimum Gasteiger partial charge on any atom is -0.408 e. The summed E-state index contributed by atoms with van der Waals surface area (Å²) < 4.78 is 27.3. The summed E-state index contributed by atoms with van der Waals surface area (Å²) in [4.78, 5) is 24.0. The summed E-state index contributed by atoms with van der Waals surface area (Å²) in [5.41, 5.74) is 6.60. The van der Waals surface area contributed by atoms with E-state index >= 15 is 4.39 Å². The molecule has 0 radical (unpaired) electrons. The molecular weight excluding hydrogens is 415 g/mol. The van der Waals surface area contributed by atoms with E-state index in [1.54, 1.807) is 37.4 Å². The van der Waals surface area contributed by atoms with E-state index in [-0.39, 0.29) is 13.0 Å². The van der Waals surface area contributed by atoms with E-state index in [1.807, 2.05) is 0 Å².